The zero-order chi connectivity index (χ0) is 15.9. The molecule has 116 valence electrons. The molecule has 0 fully saturated rings. The molecule has 0 aromatic heterocycles. The summed E-state index contributed by atoms with van der Waals surface area (Å²) in [5.41, 5.74) is 2.79. The molecule has 2 rings (SSSR count). The second-order valence-electron chi connectivity index (χ2n) is 5.03. The van der Waals surface area contributed by atoms with Gasteiger partial charge >= 0.3 is 0 Å². The van der Waals surface area contributed by atoms with E-state index in [0.29, 0.717) is 17.1 Å². The first-order chi connectivity index (χ1) is 10.6. The molecule has 0 aliphatic rings. The third-order valence-corrected chi connectivity index (χ3v) is 3.84. The van der Waals surface area contributed by atoms with Gasteiger partial charge in [0.25, 0.3) is 5.91 Å². The van der Waals surface area contributed by atoms with Gasteiger partial charge in [-0.25, -0.2) is 0 Å². The normalized spacial score (nSPS) is 10.3. The molecule has 1 amide bonds. The van der Waals surface area contributed by atoms with Gasteiger partial charge in [0.05, 0.1) is 0 Å². The Balaban J connectivity index is 1.98. The van der Waals surface area contributed by atoms with Crippen LogP contribution in [0.1, 0.15) is 29.8 Å². The van der Waals surface area contributed by atoms with Crippen LogP contribution in [-0.2, 0) is 6.54 Å². The number of anilines is 1. The maximum Gasteiger partial charge on any atom is 0.251 e. The Morgan fingerprint density at radius 1 is 1.09 bits per heavy atom. The standard InChI is InChI=1S/C18H21ClN2O/c1-3-21(4-2)17-10-8-15(9-11-17)18(22)20-13-14-6-5-7-16(19)12-14/h5-12H,3-4,13H2,1-2H3,(H,20,22). The molecule has 3 nitrogen and oxygen atoms in total. The number of hydrogen-bond donors (Lipinski definition) is 1. The molecular formula is C18H21ClN2O. The summed E-state index contributed by atoms with van der Waals surface area (Å²) in [4.78, 5) is 14.4. The second kappa shape index (κ2) is 7.85. The van der Waals surface area contributed by atoms with Crippen LogP contribution in [0, 0.1) is 0 Å². The molecule has 0 atom stereocenters. The first-order valence-electron chi connectivity index (χ1n) is 7.51. The minimum absolute atomic E-state index is 0.0777. The molecule has 2 aromatic carbocycles. The third kappa shape index (κ3) is 4.25. The molecule has 1 N–H and O–H groups in total. The maximum atomic E-state index is 12.2. The van der Waals surface area contributed by atoms with E-state index in [9.17, 15) is 4.79 Å². The number of rotatable bonds is 6. The Hall–Kier alpha value is -2.00. The molecule has 0 saturated heterocycles. The van der Waals surface area contributed by atoms with Crippen LogP contribution in [0.4, 0.5) is 5.69 Å². The fourth-order valence-electron chi connectivity index (χ4n) is 2.34. The van der Waals surface area contributed by atoms with Crippen LogP contribution in [0.5, 0.6) is 0 Å². The lowest BCUT2D eigenvalue weighted by molar-refractivity contribution is 0.0951. The molecule has 0 bridgehead atoms. The van der Waals surface area contributed by atoms with E-state index in [1.165, 1.54) is 0 Å². The Kier molecular flexibility index (Phi) is 5.84. The van der Waals surface area contributed by atoms with Gasteiger partial charge < -0.3 is 10.2 Å². The van der Waals surface area contributed by atoms with E-state index >= 15 is 0 Å². The van der Waals surface area contributed by atoms with Crippen molar-refractivity contribution in [3.05, 3.63) is 64.7 Å². The van der Waals surface area contributed by atoms with Crippen LogP contribution in [0.2, 0.25) is 5.02 Å². The average molecular weight is 317 g/mol. The van der Waals surface area contributed by atoms with Gasteiger partial charge in [0.2, 0.25) is 0 Å². The van der Waals surface area contributed by atoms with Crippen molar-refractivity contribution >= 4 is 23.2 Å². The second-order valence-corrected chi connectivity index (χ2v) is 5.47. The van der Waals surface area contributed by atoms with Crippen LogP contribution in [0.25, 0.3) is 0 Å². The summed E-state index contributed by atoms with van der Waals surface area (Å²) in [7, 11) is 0. The van der Waals surface area contributed by atoms with Crippen LogP contribution < -0.4 is 10.2 Å². The lowest BCUT2D eigenvalue weighted by atomic mass is 10.1. The summed E-state index contributed by atoms with van der Waals surface area (Å²) >= 11 is 5.93. The number of halogens is 1. The molecule has 0 unspecified atom stereocenters. The van der Waals surface area contributed by atoms with Crippen molar-refractivity contribution in [3.63, 3.8) is 0 Å². The predicted octanol–water partition coefficient (Wildman–Crippen LogP) is 4.12. The lowest BCUT2D eigenvalue weighted by Gasteiger charge is -2.21. The predicted molar refractivity (Wildman–Crippen MR) is 92.6 cm³/mol. The molecule has 0 radical (unpaired) electrons. The van der Waals surface area contributed by atoms with Gasteiger partial charge in [-0.3, -0.25) is 4.79 Å². The lowest BCUT2D eigenvalue weighted by Crippen LogP contribution is -2.24. The highest BCUT2D eigenvalue weighted by molar-refractivity contribution is 6.30. The van der Waals surface area contributed by atoms with E-state index in [-0.39, 0.29) is 5.91 Å². The van der Waals surface area contributed by atoms with Gasteiger partial charge in [0.1, 0.15) is 0 Å². The SMILES string of the molecule is CCN(CC)c1ccc(C(=O)NCc2cccc(Cl)c2)cc1. The van der Waals surface area contributed by atoms with E-state index in [1.54, 1.807) is 0 Å². The number of amides is 1. The highest BCUT2D eigenvalue weighted by Gasteiger charge is 2.07. The van der Waals surface area contributed by atoms with Gasteiger partial charge in [-0.1, -0.05) is 23.7 Å². The van der Waals surface area contributed by atoms with E-state index in [4.69, 9.17) is 11.6 Å². The number of hydrogen-bond acceptors (Lipinski definition) is 2. The highest BCUT2D eigenvalue weighted by atomic mass is 35.5. The number of nitrogens with zero attached hydrogens (tertiary/aromatic N) is 1. The van der Waals surface area contributed by atoms with Crippen molar-refractivity contribution < 1.29 is 4.79 Å². The van der Waals surface area contributed by atoms with Gasteiger partial charge in [-0.15, -0.1) is 0 Å². The Labute approximate surface area is 136 Å². The van der Waals surface area contributed by atoms with E-state index in [0.717, 1.165) is 24.3 Å². The van der Waals surface area contributed by atoms with Crippen LogP contribution >= 0.6 is 11.6 Å². The van der Waals surface area contributed by atoms with Gasteiger partial charge in [-0.2, -0.15) is 0 Å². The number of carbonyl (C=O) groups is 1. The third-order valence-electron chi connectivity index (χ3n) is 3.60. The summed E-state index contributed by atoms with van der Waals surface area (Å²) in [6, 6.07) is 15.2. The number of carbonyl (C=O) groups excluding carboxylic acids is 1. The molecular weight excluding hydrogens is 296 g/mol. The fraction of sp³-hybridized carbons (Fsp3) is 0.278. The van der Waals surface area contributed by atoms with Crippen molar-refractivity contribution in [2.45, 2.75) is 20.4 Å². The van der Waals surface area contributed by atoms with Gasteiger partial charge in [-0.05, 0) is 55.8 Å². The van der Waals surface area contributed by atoms with Crippen LogP contribution in [0.15, 0.2) is 48.5 Å². The first kappa shape index (κ1) is 16.4. The Morgan fingerprint density at radius 2 is 1.77 bits per heavy atom. The quantitative estimate of drug-likeness (QED) is 0.869. The minimum atomic E-state index is -0.0777. The van der Waals surface area contributed by atoms with Crippen molar-refractivity contribution in [1.29, 1.82) is 0 Å². The summed E-state index contributed by atoms with van der Waals surface area (Å²) in [5, 5.41) is 3.58. The molecule has 0 saturated carbocycles. The molecule has 0 aliphatic carbocycles. The summed E-state index contributed by atoms with van der Waals surface area (Å²) < 4.78 is 0. The maximum absolute atomic E-state index is 12.2. The highest BCUT2D eigenvalue weighted by Crippen LogP contribution is 2.15. The van der Waals surface area contributed by atoms with Crippen molar-refractivity contribution in [3.8, 4) is 0 Å². The van der Waals surface area contributed by atoms with E-state index < -0.39 is 0 Å². The van der Waals surface area contributed by atoms with Crippen molar-refractivity contribution in [1.82, 2.24) is 5.32 Å². The van der Waals surface area contributed by atoms with E-state index in [1.807, 2.05) is 48.5 Å². The molecule has 0 aliphatic heterocycles. The summed E-state index contributed by atoms with van der Waals surface area (Å²) in [5.74, 6) is -0.0777. The van der Waals surface area contributed by atoms with Crippen LogP contribution in [0.3, 0.4) is 0 Å². The van der Waals surface area contributed by atoms with Gasteiger partial charge in [0, 0.05) is 35.9 Å². The Morgan fingerprint density at radius 3 is 2.36 bits per heavy atom. The van der Waals surface area contributed by atoms with Crippen molar-refractivity contribution in [2.75, 3.05) is 18.0 Å². The van der Waals surface area contributed by atoms with Crippen molar-refractivity contribution in [2.24, 2.45) is 0 Å². The number of nitrogens with one attached hydrogen (secondary N) is 1. The van der Waals surface area contributed by atoms with Gasteiger partial charge in [0.15, 0.2) is 0 Å². The monoisotopic (exact) mass is 316 g/mol. The first-order valence-corrected chi connectivity index (χ1v) is 7.89. The largest absolute Gasteiger partial charge is 0.372 e. The molecule has 2 aromatic rings. The summed E-state index contributed by atoms with van der Waals surface area (Å²) in [6.45, 7) is 6.62. The minimum Gasteiger partial charge on any atom is -0.372 e. The summed E-state index contributed by atoms with van der Waals surface area (Å²) in [6.07, 6.45) is 0. The molecule has 22 heavy (non-hydrogen) atoms. The molecule has 4 heteroatoms. The molecule has 0 spiro atoms. The Bertz CT molecular complexity index is 621. The van der Waals surface area contributed by atoms with E-state index in [2.05, 4.69) is 24.1 Å². The molecule has 0 heterocycles. The number of benzene rings is 2. The fourth-order valence-corrected chi connectivity index (χ4v) is 2.56. The zero-order valence-electron chi connectivity index (χ0n) is 13.0. The topological polar surface area (TPSA) is 32.3 Å². The van der Waals surface area contributed by atoms with Crippen LogP contribution in [-0.4, -0.2) is 19.0 Å². The average Bonchev–Trinajstić information content (AvgIpc) is 2.54. The zero-order valence-corrected chi connectivity index (χ0v) is 13.7. The smallest absolute Gasteiger partial charge is 0.251 e.